The van der Waals surface area contributed by atoms with E-state index in [2.05, 4.69) is 31.9 Å². The van der Waals surface area contributed by atoms with Gasteiger partial charge in [-0.3, -0.25) is 14.9 Å². The van der Waals surface area contributed by atoms with Crippen LogP contribution in [0.15, 0.2) is 45.5 Å². The molecule has 0 aliphatic rings. The summed E-state index contributed by atoms with van der Waals surface area (Å²) in [4.78, 5) is 24.4. The molecule has 25 heavy (non-hydrogen) atoms. The minimum Gasteiger partial charge on any atom is -0.444 e. The minimum absolute atomic E-state index is 0.0598. The molecule has 3 N–H and O–H groups in total. The number of rotatable bonds is 5. The van der Waals surface area contributed by atoms with Crippen LogP contribution in [0.25, 0.3) is 0 Å². The molecule has 0 spiro atoms. The summed E-state index contributed by atoms with van der Waals surface area (Å²) < 4.78 is 5.62. The number of benzene rings is 1. The monoisotopic (exact) mass is 423 g/mol. The Kier molecular flexibility index (Phi) is 6.72. The standard InChI is InChI=1S/C17H18BrN3O3S/c1-3-10(2)19-15(22)11-6-4-5-7-12(11)20-17(25)21-16(23)13-8-9-14(18)24-13/h4-10H,3H2,1-2H3,(H,19,22)(H2,20,21,23,25). The van der Waals surface area contributed by atoms with Gasteiger partial charge in [-0.15, -0.1) is 0 Å². The number of para-hydroxylation sites is 1. The molecule has 1 atom stereocenters. The Bertz CT molecular complexity index is 791. The summed E-state index contributed by atoms with van der Waals surface area (Å²) in [5.41, 5.74) is 0.953. The Balaban J connectivity index is 2.05. The van der Waals surface area contributed by atoms with Crippen molar-refractivity contribution in [2.24, 2.45) is 0 Å². The van der Waals surface area contributed by atoms with E-state index in [4.69, 9.17) is 16.6 Å². The number of furan rings is 1. The largest absolute Gasteiger partial charge is 0.444 e. The fraction of sp³-hybridized carbons (Fsp3) is 0.235. The second-order valence-corrected chi connectivity index (χ2v) is 6.53. The van der Waals surface area contributed by atoms with E-state index in [-0.39, 0.29) is 22.8 Å². The van der Waals surface area contributed by atoms with Crippen molar-refractivity contribution < 1.29 is 14.0 Å². The third-order valence-corrected chi connectivity index (χ3v) is 4.06. The van der Waals surface area contributed by atoms with Crippen molar-refractivity contribution in [3.05, 3.63) is 52.4 Å². The van der Waals surface area contributed by atoms with E-state index in [1.54, 1.807) is 30.3 Å². The highest BCUT2D eigenvalue weighted by Gasteiger charge is 2.16. The molecule has 0 radical (unpaired) electrons. The number of nitrogens with one attached hydrogen (secondary N) is 3. The van der Waals surface area contributed by atoms with Gasteiger partial charge < -0.3 is 15.1 Å². The highest BCUT2D eigenvalue weighted by atomic mass is 79.9. The molecule has 1 heterocycles. The predicted molar refractivity (Wildman–Crippen MR) is 104 cm³/mol. The third-order valence-electron chi connectivity index (χ3n) is 3.43. The molecule has 0 fully saturated rings. The van der Waals surface area contributed by atoms with Crippen molar-refractivity contribution in [1.82, 2.24) is 10.6 Å². The van der Waals surface area contributed by atoms with Gasteiger partial charge in [-0.25, -0.2) is 0 Å². The van der Waals surface area contributed by atoms with Crippen LogP contribution < -0.4 is 16.0 Å². The van der Waals surface area contributed by atoms with Crippen LogP contribution in [-0.4, -0.2) is 23.0 Å². The van der Waals surface area contributed by atoms with E-state index in [1.165, 1.54) is 6.07 Å². The Labute approximate surface area is 159 Å². The topological polar surface area (TPSA) is 83.4 Å². The van der Waals surface area contributed by atoms with Crippen LogP contribution in [-0.2, 0) is 0 Å². The fourth-order valence-corrected chi connectivity index (χ4v) is 2.46. The highest BCUT2D eigenvalue weighted by Crippen LogP contribution is 2.16. The summed E-state index contributed by atoms with van der Waals surface area (Å²) in [6.45, 7) is 3.92. The molecule has 2 aromatic rings. The van der Waals surface area contributed by atoms with Crippen molar-refractivity contribution in [3.63, 3.8) is 0 Å². The molecular formula is C17H18BrN3O3S. The van der Waals surface area contributed by atoms with E-state index in [0.717, 1.165) is 6.42 Å². The number of carbonyl (C=O) groups is 2. The van der Waals surface area contributed by atoms with Crippen LogP contribution >= 0.6 is 28.1 Å². The van der Waals surface area contributed by atoms with Crippen LogP contribution in [0.1, 0.15) is 41.2 Å². The number of amides is 2. The van der Waals surface area contributed by atoms with E-state index in [1.807, 2.05) is 13.8 Å². The summed E-state index contributed by atoms with van der Waals surface area (Å²) in [6.07, 6.45) is 0.828. The molecule has 2 amide bonds. The van der Waals surface area contributed by atoms with Gasteiger partial charge >= 0.3 is 0 Å². The SMILES string of the molecule is CCC(C)NC(=O)c1ccccc1NC(=S)NC(=O)c1ccc(Br)o1. The van der Waals surface area contributed by atoms with Gasteiger partial charge in [-0.05, 0) is 65.8 Å². The van der Waals surface area contributed by atoms with Gasteiger partial charge in [0, 0.05) is 6.04 Å². The van der Waals surface area contributed by atoms with Crippen molar-refractivity contribution in [2.45, 2.75) is 26.3 Å². The van der Waals surface area contributed by atoms with Crippen LogP contribution in [0.3, 0.4) is 0 Å². The molecule has 132 valence electrons. The zero-order valence-corrected chi connectivity index (χ0v) is 16.2. The second kappa shape index (κ2) is 8.77. The van der Waals surface area contributed by atoms with Crippen molar-refractivity contribution in [1.29, 1.82) is 0 Å². The van der Waals surface area contributed by atoms with Crippen molar-refractivity contribution >= 4 is 50.8 Å². The van der Waals surface area contributed by atoms with Crippen LogP contribution in [0.4, 0.5) is 5.69 Å². The average Bonchev–Trinajstić information content (AvgIpc) is 3.01. The molecule has 0 aliphatic carbocycles. The number of thiocarbonyl (C=S) groups is 1. The zero-order valence-electron chi connectivity index (χ0n) is 13.8. The summed E-state index contributed by atoms with van der Waals surface area (Å²) in [6, 6.07) is 10.1. The smallest absolute Gasteiger partial charge is 0.293 e. The molecule has 1 unspecified atom stereocenters. The predicted octanol–water partition coefficient (Wildman–Crippen LogP) is 3.70. The first kappa shape index (κ1) is 19.1. The van der Waals surface area contributed by atoms with Gasteiger partial charge in [-0.2, -0.15) is 0 Å². The Hall–Kier alpha value is -2.19. The van der Waals surface area contributed by atoms with E-state index in [0.29, 0.717) is 15.9 Å². The summed E-state index contributed by atoms with van der Waals surface area (Å²) in [7, 11) is 0. The molecule has 2 rings (SSSR count). The summed E-state index contributed by atoms with van der Waals surface area (Å²) >= 11 is 8.28. The molecule has 0 saturated heterocycles. The molecule has 6 nitrogen and oxygen atoms in total. The average molecular weight is 424 g/mol. The highest BCUT2D eigenvalue weighted by molar-refractivity contribution is 9.10. The Morgan fingerprint density at radius 3 is 2.56 bits per heavy atom. The normalized spacial score (nSPS) is 11.5. The van der Waals surface area contributed by atoms with E-state index < -0.39 is 5.91 Å². The lowest BCUT2D eigenvalue weighted by atomic mass is 10.1. The van der Waals surface area contributed by atoms with Crippen molar-refractivity contribution in [2.75, 3.05) is 5.32 Å². The molecule has 0 bridgehead atoms. The van der Waals surface area contributed by atoms with Gasteiger partial charge in [0.25, 0.3) is 11.8 Å². The number of hydrogen-bond acceptors (Lipinski definition) is 4. The van der Waals surface area contributed by atoms with Gasteiger partial charge in [-0.1, -0.05) is 19.1 Å². The van der Waals surface area contributed by atoms with Crippen LogP contribution in [0, 0.1) is 0 Å². The summed E-state index contributed by atoms with van der Waals surface area (Å²) in [5, 5.41) is 8.36. The maximum absolute atomic E-state index is 12.4. The lowest BCUT2D eigenvalue weighted by molar-refractivity contribution is 0.0936. The fourth-order valence-electron chi connectivity index (χ4n) is 1.95. The van der Waals surface area contributed by atoms with Crippen LogP contribution in [0.2, 0.25) is 0 Å². The van der Waals surface area contributed by atoms with Gasteiger partial charge in [0.2, 0.25) is 0 Å². The first-order valence-corrected chi connectivity index (χ1v) is 8.88. The third kappa shape index (κ3) is 5.40. The quantitative estimate of drug-likeness (QED) is 0.638. The molecule has 0 aliphatic heterocycles. The molecule has 1 aromatic heterocycles. The van der Waals surface area contributed by atoms with Gasteiger partial charge in [0.15, 0.2) is 15.5 Å². The van der Waals surface area contributed by atoms with E-state index in [9.17, 15) is 9.59 Å². The second-order valence-electron chi connectivity index (χ2n) is 5.34. The molecule has 0 saturated carbocycles. The number of hydrogen-bond donors (Lipinski definition) is 3. The van der Waals surface area contributed by atoms with Crippen molar-refractivity contribution in [3.8, 4) is 0 Å². The van der Waals surface area contributed by atoms with E-state index >= 15 is 0 Å². The lowest BCUT2D eigenvalue weighted by Crippen LogP contribution is -2.36. The maximum Gasteiger partial charge on any atom is 0.293 e. The Morgan fingerprint density at radius 1 is 1.20 bits per heavy atom. The number of carbonyl (C=O) groups excluding carboxylic acids is 2. The van der Waals surface area contributed by atoms with Crippen LogP contribution in [0.5, 0.6) is 0 Å². The maximum atomic E-state index is 12.4. The Morgan fingerprint density at radius 2 is 1.92 bits per heavy atom. The summed E-state index contributed by atoms with van der Waals surface area (Å²) in [5.74, 6) is -0.565. The molecule has 8 heteroatoms. The number of anilines is 1. The first-order valence-electron chi connectivity index (χ1n) is 7.68. The number of halogens is 1. The first-order chi connectivity index (χ1) is 11.9. The minimum atomic E-state index is -0.482. The molecule has 1 aromatic carbocycles. The zero-order chi connectivity index (χ0) is 18.4. The molecular weight excluding hydrogens is 406 g/mol. The van der Waals surface area contributed by atoms with Gasteiger partial charge in [0.05, 0.1) is 11.3 Å². The lowest BCUT2D eigenvalue weighted by Gasteiger charge is -2.15. The van der Waals surface area contributed by atoms with Gasteiger partial charge in [0.1, 0.15) is 0 Å².